The first-order valence-electron chi connectivity index (χ1n) is 12.8. The molecule has 2 aromatic carbocycles. The van der Waals surface area contributed by atoms with Gasteiger partial charge in [0.25, 0.3) is 5.91 Å². The third kappa shape index (κ3) is 4.97. The molecule has 2 aromatic rings. The number of benzene rings is 2. The van der Waals surface area contributed by atoms with Gasteiger partial charge in [-0.3, -0.25) is 9.69 Å². The normalized spacial score (nSPS) is 19.4. The lowest BCUT2D eigenvalue weighted by Gasteiger charge is -2.34. The Morgan fingerprint density at radius 2 is 1.85 bits per heavy atom. The van der Waals surface area contributed by atoms with E-state index in [1.54, 1.807) is 24.3 Å². The minimum atomic E-state index is -0.660. The number of carbonyl (C=O) groups is 1. The van der Waals surface area contributed by atoms with E-state index < -0.39 is 17.5 Å². The predicted molar refractivity (Wildman–Crippen MR) is 150 cm³/mol. The van der Waals surface area contributed by atoms with Crippen LogP contribution in [0.4, 0.5) is 14.5 Å². The Morgan fingerprint density at radius 1 is 1.12 bits per heavy atom. The molecule has 40 heavy (non-hydrogen) atoms. The van der Waals surface area contributed by atoms with Crippen LogP contribution in [-0.4, -0.2) is 49.1 Å². The second-order valence-electron chi connectivity index (χ2n) is 9.64. The molecule has 3 aliphatic rings. The Hall–Kier alpha value is -4.11. The fourth-order valence-electron chi connectivity index (χ4n) is 5.26. The summed E-state index contributed by atoms with van der Waals surface area (Å²) >= 11 is 6.19. The standard InChI is InChI=1S/C30H28ClF2N3O4/c1-17-26(29(37)35-14-13-19(16-35)22-12-11-21(32)15-23(22)33)30(38)36(27-24(39-2)5-4-6-25(27)40-3)28(34-17)18-7-9-20(31)10-8-18/h4-7,9,11-12,15,19,38H,1,8,10,13-14,16H2,2-3H3. The summed E-state index contributed by atoms with van der Waals surface area (Å²) in [6.07, 6.45) is 5.19. The summed E-state index contributed by atoms with van der Waals surface area (Å²) in [4.78, 5) is 21.5. The van der Waals surface area contributed by atoms with Crippen molar-refractivity contribution in [2.45, 2.75) is 25.2 Å². The maximum Gasteiger partial charge on any atom is 0.261 e. The molecule has 10 heteroatoms. The Kier molecular flexibility index (Phi) is 7.67. The molecule has 1 amide bonds. The van der Waals surface area contributed by atoms with Gasteiger partial charge in [-0.25, -0.2) is 13.8 Å². The number of aliphatic hydroxyl groups is 1. The predicted octanol–water partition coefficient (Wildman–Crippen LogP) is 6.34. The highest BCUT2D eigenvalue weighted by atomic mass is 35.5. The average Bonchev–Trinajstić information content (AvgIpc) is 3.43. The van der Waals surface area contributed by atoms with Crippen molar-refractivity contribution in [3.05, 3.63) is 100 Å². The zero-order valence-electron chi connectivity index (χ0n) is 22.1. The minimum Gasteiger partial charge on any atom is -0.494 e. The number of para-hydroxylation sites is 1. The van der Waals surface area contributed by atoms with E-state index in [-0.39, 0.29) is 29.6 Å². The van der Waals surface area contributed by atoms with E-state index in [1.165, 1.54) is 36.2 Å². The number of methoxy groups -OCH3 is 2. The molecule has 1 fully saturated rings. The number of aliphatic hydroxyl groups excluding tert-OH is 1. The van der Waals surface area contributed by atoms with Gasteiger partial charge in [-0.1, -0.05) is 36.4 Å². The molecule has 5 rings (SSSR count). The van der Waals surface area contributed by atoms with Crippen molar-refractivity contribution in [2.75, 3.05) is 32.2 Å². The molecule has 0 saturated carbocycles. The highest BCUT2D eigenvalue weighted by molar-refractivity contribution is 6.30. The molecule has 1 saturated heterocycles. The molecule has 0 radical (unpaired) electrons. The molecule has 1 aliphatic carbocycles. The number of rotatable bonds is 6. The van der Waals surface area contributed by atoms with Crippen molar-refractivity contribution in [3.8, 4) is 11.5 Å². The van der Waals surface area contributed by atoms with Crippen LogP contribution in [0.2, 0.25) is 0 Å². The van der Waals surface area contributed by atoms with Gasteiger partial charge >= 0.3 is 0 Å². The maximum atomic E-state index is 14.5. The quantitative estimate of drug-likeness (QED) is 0.441. The summed E-state index contributed by atoms with van der Waals surface area (Å²) in [6, 6.07) is 8.62. The summed E-state index contributed by atoms with van der Waals surface area (Å²) in [5, 5.41) is 12.5. The van der Waals surface area contributed by atoms with Crippen LogP contribution in [0.25, 0.3) is 0 Å². The molecular weight excluding hydrogens is 540 g/mol. The van der Waals surface area contributed by atoms with Crippen LogP contribution >= 0.6 is 11.6 Å². The first-order valence-corrected chi connectivity index (χ1v) is 13.1. The monoisotopic (exact) mass is 567 g/mol. The van der Waals surface area contributed by atoms with Crippen LogP contribution in [0.3, 0.4) is 0 Å². The number of hydrogen-bond donors (Lipinski definition) is 1. The van der Waals surface area contributed by atoms with Crippen molar-refractivity contribution in [1.82, 2.24) is 4.90 Å². The lowest BCUT2D eigenvalue weighted by atomic mass is 9.98. The Morgan fingerprint density at radius 3 is 2.48 bits per heavy atom. The highest BCUT2D eigenvalue weighted by Gasteiger charge is 2.39. The van der Waals surface area contributed by atoms with E-state index in [1.807, 2.05) is 6.08 Å². The topological polar surface area (TPSA) is 74.6 Å². The SMILES string of the molecule is C=C1N=C(C2=CC=C(Cl)CC2)N(c2c(OC)cccc2OC)C(O)=C1C(=O)N1CCC(c2ccc(F)cc2F)C1. The zero-order valence-corrected chi connectivity index (χ0v) is 22.8. The van der Waals surface area contributed by atoms with Gasteiger partial charge < -0.3 is 19.5 Å². The Labute approximate surface area is 236 Å². The van der Waals surface area contributed by atoms with Gasteiger partial charge in [0.15, 0.2) is 0 Å². The molecule has 1 N–H and O–H groups in total. The van der Waals surface area contributed by atoms with Crippen molar-refractivity contribution in [2.24, 2.45) is 4.99 Å². The second kappa shape index (κ2) is 11.2. The van der Waals surface area contributed by atoms with Crippen LogP contribution < -0.4 is 14.4 Å². The maximum absolute atomic E-state index is 14.5. The molecular formula is C30H28ClF2N3O4. The molecule has 0 bridgehead atoms. The van der Waals surface area contributed by atoms with Gasteiger partial charge in [-0.15, -0.1) is 0 Å². The minimum absolute atomic E-state index is 0.0839. The lowest BCUT2D eigenvalue weighted by Crippen LogP contribution is -2.40. The van der Waals surface area contributed by atoms with Crippen LogP contribution in [0, 0.1) is 11.6 Å². The largest absolute Gasteiger partial charge is 0.494 e. The van der Waals surface area contributed by atoms with Gasteiger partial charge in [0, 0.05) is 30.1 Å². The number of nitrogens with zero attached hydrogens (tertiary/aromatic N) is 3. The number of halogens is 3. The molecule has 2 heterocycles. The van der Waals surface area contributed by atoms with E-state index in [0.29, 0.717) is 59.4 Å². The van der Waals surface area contributed by atoms with E-state index in [4.69, 9.17) is 26.1 Å². The Bertz CT molecular complexity index is 1490. The molecule has 2 aliphatic heterocycles. The van der Waals surface area contributed by atoms with E-state index in [9.17, 15) is 18.7 Å². The number of likely N-dealkylation sites (tertiary alicyclic amines) is 1. The number of ether oxygens (including phenoxy) is 2. The smallest absolute Gasteiger partial charge is 0.261 e. The summed E-state index contributed by atoms with van der Waals surface area (Å²) in [5.74, 6) is -1.40. The first-order chi connectivity index (χ1) is 19.2. The van der Waals surface area contributed by atoms with Crippen LogP contribution in [-0.2, 0) is 4.79 Å². The zero-order chi connectivity index (χ0) is 28.6. The number of carbonyl (C=O) groups excluding carboxylic acids is 1. The molecule has 0 spiro atoms. The van der Waals surface area contributed by atoms with E-state index >= 15 is 0 Å². The van der Waals surface area contributed by atoms with E-state index in [0.717, 1.165) is 11.6 Å². The molecule has 0 aromatic heterocycles. The van der Waals surface area contributed by atoms with E-state index in [2.05, 4.69) is 6.58 Å². The number of amidine groups is 1. The van der Waals surface area contributed by atoms with Crippen molar-refractivity contribution in [3.63, 3.8) is 0 Å². The summed E-state index contributed by atoms with van der Waals surface area (Å²) in [5.41, 5.74) is 1.46. The van der Waals surface area contributed by atoms with Gasteiger partial charge in [0.1, 0.15) is 40.2 Å². The third-order valence-electron chi connectivity index (χ3n) is 7.28. The van der Waals surface area contributed by atoms with Crippen LogP contribution in [0.5, 0.6) is 11.5 Å². The second-order valence-corrected chi connectivity index (χ2v) is 10.1. The molecule has 1 unspecified atom stereocenters. The van der Waals surface area contributed by atoms with Crippen molar-refractivity contribution >= 4 is 29.0 Å². The van der Waals surface area contributed by atoms with Crippen molar-refractivity contribution < 1.29 is 28.2 Å². The van der Waals surface area contributed by atoms with Crippen LogP contribution in [0.15, 0.2) is 87.9 Å². The van der Waals surface area contributed by atoms with Gasteiger partial charge in [0.2, 0.25) is 5.88 Å². The van der Waals surface area contributed by atoms with Gasteiger partial charge in [0.05, 0.1) is 19.9 Å². The number of allylic oxidation sites excluding steroid dienone is 3. The van der Waals surface area contributed by atoms with Gasteiger partial charge in [-0.2, -0.15) is 0 Å². The summed E-state index contributed by atoms with van der Waals surface area (Å²) < 4.78 is 39.1. The molecule has 7 nitrogen and oxygen atoms in total. The third-order valence-corrected chi connectivity index (χ3v) is 7.59. The summed E-state index contributed by atoms with van der Waals surface area (Å²) in [7, 11) is 2.98. The fraction of sp³-hybridized carbons (Fsp3) is 0.267. The molecule has 208 valence electrons. The first kappa shape index (κ1) is 27.5. The number of anilines is 1. The number of amides is 1. The fourth-order valence-corrected chi connectivity index (χ4v) is 5.42. The van der Waals surface area contributed by atoms with Gasteiger partial charge in [-0.05, 0) is 54.7 Å². The number of aliphatic imine (C=N–C) groups is 1. The summed E-state index contributed by atoms with van der Waals surface area (Å²) in [6.45, 7) is 4.50. The lowest BCUT2D eigenvalue weighted by molar-refractivity contribution is -0.126. The van der Waals surface area contributed by atoms with Crippen molar-refractivity contribution in [1.29, 1.82) is 0 Å². The van der Waals surface area contributed by atoms with Crippen LogP contribution in [0.1, 0.15) is 30.7 Å². The highest BCUT2D eigenvalue weighted by Crippen LogP contribution is 2.44. The Balaban J connectivity index is 1.56. The number of hydrogen-bond acceptors (Lipinski definition) is 6. The average molecular weight is 568 g/mol. The molecule has 1 atom stereocenters.